The van der Waals surface area contributed by atoms with Crippen molar-refractivity contribution < 1.29 is 9.84 Å². The van der Waals surface area contributed by atoms with Gasteiger partial charge in [0.05, 0.1) is 10.6 Å². The molecule has 2 aromatic heterocycles. The Bertz CT molecular complexity index is 474. The first kappa shape index (κ1) is 12.2. The van der Waals surface area contributed by atoms with Crippen LogP contribution in [0.2, 0.25) is 0 Å². The summed E-state index contributed by atoms with van der Waals surface area (Å²) in [4.78, 5) is 9.18. The zero-order valence-electron chi connectivity index (χ0n) is 9.97. The number of nitrogens with one attached hydrogen (secondary N) is 1. The molecule has 6 heteroatoms. The number of hydrogen-bond donors (Lipinski definition) is 2. The number of aliphatic hydroxyl groups excluding tert-OH is 1. The molecule has 2 aromatic rings. The van der Waals surface area contributed by atoms with Gasteiger partial charge in [0.15, 0.2) is 0 Å². The molecule has 2 N–H and O–H groups in total. The van der Waals surface area contributed by atoms with Crippen LogP contribution in [0.15, 0.2) is 18.5 Å². The summed E-state index contributed by atoms with van der Waals surface area (Å²) in [5.74, 6) is 0. The Hall–Kier alpha value is -1.24. The van der Waals surface area contributed by atoms with E-state index in [4.69, 9.17) is 4.74 Å². The maximum absolute atomic E-state index is 9.70. The molecular formula is C11H15N3O2S. The Labute approximate surface area is 103 Å². The van der Waals surface area contributed by atoms with Crippen LogP contribution in [-0.4, -0.2) is 27.1 Å². The Balaban J connectivity index is 2.08. The second-order valence-electron chi connectivity index (χ2n) is 4.58. The highest BCUT2D eigenvalue weighted by Crippen LogP contribution is 2.27. The number of anilines is 1. The van der Waals surface area contributed by atoms with Crippen LogP contribution >= 0.6 is 11.3 Å². The van der Waals surface area contributed by atoms with Gasteiger partial charge in [0.25, 0.3) is 0 Å². The van der Waals surface area contributed by atoms with Crippen molar-refractivity contribution >= 4 is 26.7 Å². The van der Waals surface area contributed by atoms with E-state index in [1.807, 2.05) is 26.8 Å². The van der Waals surface area contributed by atoms with Gasteiger partial charge in [0, 0.05) is 18.5 Å². The van der Waals surface area contributed by atoms with Crippen LogP contribution in [0.4, 0.5) is 5.00 Å². The van der Waals surface area contributed by atoms with Crippen molar-refractivity contribution in [1.29, 1.82) is 0 Å². The molecule has 1 atom stereocenters. The summed E-state index contributed by atoms with van der Waals surface area (Å²) in [6.07, 6.45) is 2.24. The largest absolute Gasteiger partial charge is 0.351 e. The van der Waals surface area contributed by atoms with Gasteiger partial charge in [0.2, 0.25) is 6.41 Å². The highest BCUT2D eigenvalue weighted by Gasteiger charge is 2.17. The maximum Gasteiger partial charge on any atom is 0.236 e. The van der Waals surface area contributed by atoms with Crippen LogP contribution in [0.3, 0.4) is 0 Å². The topological polar surface area (TPSA) is 67.3 Å². The molecule has 92 valence electrons. The van der Waals surface area contributed by atoms with Crippen molar-refractivity contribution in [2.24, 2.45) is 0 Å². The molecule has 0 aliphatic carbocycles. The lowest BCUT2D eigenvalue weighted by molar-refractivity contribution is -0.148. The predicted octanol–water partition coefficient (Wildman–Crippen LogP) is 2.19. The number of ether oxygens (including phenoxy) is 1. The summed E-state index contributed by atoms with van der Waals surface area (Å²) in [6, 6.07) is 1.84. The van der Waals surface area contributed by atoms with Crippen LogP contribution in [-0.2, 0) is 4.74 Å². The van der Waals surface area contributed by atoms with E-state index in [-0.39, 0.29) is 0 Å². The molecular weight excluding hydrogens is 238 g/mol. The number of aliphatic hydroxyl groups is 1. The zero-order valence-corrected chi connectivity index (χ0v) is 10.8. The number of nitrogens with zero attached hydrogens (tertiary/aromatic N) is 2. The molecule has 0 spiro atoms. The molecule has 2 heterocycles. The minimum atomic E-state index is -1.04. The molecule has 0 aliphatic heterocycles. The SMILES string of the molecule is CC(C)(C)OC(O)Nc1cc2nccnc2s1. The lowest BCUT2D eigenvalue weighted by Gasteiger charge is -2.24. The van der Waals surface area contributed by atoms with E-state index in [1.54, 1.807) is 12.4 Å². The van der Waals surface area contributed by atoms with Crippen molar-refractivity contribution in [3.63, 3.8) is 0 Å². The van der Waals surface area contributed by atoms with Gasteiger partial charge in [0.1, 0.15) is 10.3 Å². The van der Waals surface area contributed by atoms with E-state index in [2.05, 4.69) is 15.3 Å². The minimum Gasteiger partial charge on any atom is -0.351 e. The van der Waals surface area contributed by atoms with E-state index >= 15 is 0 Å². The summed E-state index contributed by atoms with van der Waals surface area (Å²) in [5, 5.41) is 13.3. The smallest absolute Gasteiger partial charge is 0.236 e. The van der Waals surface area contributed by atoms with E-state index in [1.165, 1.54) is 11.3 Å². The van der Waals surface area contributed by atoms with E-state index in [9.17, 15) is 5.11 Å². The summed E-state index contributed by atoms with van der Waals surface area (Å²) >= 11 is 1.43. The summed E-state index contributed by atoms with van der Waals surface area (Å²) in [7, 11) is 0. The third-order valence-electron chi connectivity index (χ3n) is 1.90. The Morgan fingerprint density at radius 2 is 2.06 bits per heavy atom. The number of aromatic nitrogens is 2. The van der Waals surface area contributed by atoms with Gasteiger partial charge in [-0.3, -0.25) is 4.98 Å². The Morgan fingerprint density at radius 1 is 1.35 bits per heavy atom. The van der Waals surface area contributed by atoms with Crippen molar-refractivity contribution in [2.75, 3.05) is 5.32 Å². The highest BCUT2D eigenvalue weighted by molar-refractivity contribution is 7.22. The average molecular weight is 253 g/mol. The fourth-order valence-electron chi connectivity index (χ4n) is 1.33. The van der Waals surface area contributed by atoms with Gasteiger partial charge in [-0.1, -0.05) is 11.3 Å². The van der Waals surface area contributed by atoms with Crippen molar-refractivity contribution in [2.45, 2.75) is 32.8 Å². The van der Waals surface area contributed by atoms with Crippen LogP contribution in [0.5, 0.6) is 0 Å². The van der Waals surface area contributed by atoms with Gasteiger partial charge >= 0.3 is 0 Å². The standard InChI is InChI=1S/C11H15N3O2S/c1-11(2,3)16-10(15)14-8-6-7-9(17-8)13-5-4-12-7/h4-6,10,14-15H,1-3H3. The first-order valence-corrected chi connectivity index (χ1v) is 6.09. The maximum atomic E-state index is 9.70. The van der Waals surface area contributed by atoms with Gasteiger partial charge in [-0.15, -0.1) is 0 Å². The van der Waals surface area contributed by atoms with Crippen molar-refractivity contribution in [1.82, 2.24) is 9.97 Å². The molecule has 0 bridgehead atoms. The molecule has 0 aromatic carbocycles. The highest BCUT2D eigenvalue weighted by atomic mass is 32.1. The monoisotopic (exact) mass is 253 g/mol. The van der Waals surface area contributed by atoms with Crippen LogP contribution < -0.4 is 5.32 Å². The fraction of sp³-hybridized carbons (Fsp3) is 0.455. The van der Waals surface area contributed by atoms with Crippen LogP contribution in [0.25, 0.3) is 10.3 Å². The normalized spacial score (nSPS) is 13.9. The van der Waals surface area contributed by atoms with Crippen molar-refractivity contribution in [3.05, 3.63) is 18.5 Å². The van der Waals surface area contributed by atoms with E-state index in [0.29, 0.717) is 0 Å². The van der Waals surface area contributed by atoms with Crippen LogP contribution in [0, 0.1) is 0 Å². The number of rotatable bonds is 3. The fourth-order valence-corrected chi connectivity index (χ4v) is 2.20. The van der Waals surface area contributed by atoms with Gasteiger partial charge in [-0.05, 0) is 20.8 Å². The molecule has 0 saturated heterocycles. The first-order chi connectivity index (χ1) is 7.94. The lowest BCUT2D eigenvalue weighted by Crippen LogP contribution is -2.32. The third-order valence-corrected chi connectivity index (χ3v) is 2.86. The van der Waals surface area contributed by atoms with E-state index in [0.717, 1.165) is 15.3 Å². The second-order valence-corrected chi connectivity index (χ2v) is 5.61. The Morgan fingerprint density at radius 3 is 2.71 bits per heavy atom. The van der Waals surface area contributed by atoms with Crippen molar-refractivity contribution in [3.8, 4) is 0 Å². The van der Waals surface area contributed by atoms with E-state index < -0.39 is 12.0 Å². The van der Waals surface area contributed by atoms with Gasteiger partial charge < -0.3 is 15.2 Å². The summed E-state index contributed by atoms with van der Waals surface area (Å²) < 4.78 is 5.35. The Kier molecular flexibility index (Phi) is 3.28. The lowest BCUT2D eigenvalue weighted by atomic mass is 10.2. The molecule has 5 nitrogen and oxygen atoms in total. The van der Waals surface area contributed by atoms with Gasteiger partial charge in [-0.2, -0.15) is 0 Å². The first-order valence-electron chi connectivity index (χ1n) is 5.27. The molecule has 1 unspecified atom stereocenters. The van der Waals surface area contributed by atoms with Gasteiger partial charge in [-0.25, -0.2) is 4.98 Å². The predicted molar refractivity (Wildman–Crippen MR) is 67.9 cm³/mol. The third kappa shape index (κ3) is 3.36. The average Bonchev–Trinajstić information content (AvgIpc) is 2.55. The molecule has 2 rings (SSSR count). The number of fused-ring (bicyclic) bond motifs is 1. The quantitative estimate of drug-likeness (QED) is 0.821. The molecule has 17 heavy (non-hydrogen) atoms. The zero-order chi connectivity index (χ0) is 12.5. The summed E-state index contributed by atoms with van der Waals surface area (Å²) in [5.41, 5.74) is 0.405. The second kappa shape index (κ2) is 4.56. The molecule has 0 fully saturated rings. The number of hydrogen-bond acceptors (Lipinski definition) is 6. The summed E-state index contributed by atoms with van der Waals surface area (Å²) in [6.45, 7) is 5.64. The molecule has 0 aliphatic rings. The molecule has 0 saturated carbocycles. The minimum absolute atomic E-state index is 0.403. The molecule has 0 amide bonds. The molecule has 0 radical (unpaired) electrons. The van der Waals surface area contributed by atoms with Crippen LogP contribution in [0.1, 0.15) is 20.8 Å². The number of thiophene rings is 1.